The van der Waals surface area contributed by atoms with E-state index in [1.807, 2.05) is 16.9 Å². The van der Waals surface area contributed by atoms with Crippen molar-refractivity contribution >= 4 is 5.82 Å². The van der Waals surface area contributed by atoms with Crippen molar-refractivity contribution in [1.82, 2.24) is 19.6 Å². The summed E-state index contributed by atoms with van der Waals surface area (Å²) in [5, 5.41) is 4.18. The van der Waals surface area contributed by atoms with Crippen LogP contribution in [0.15, 0.2) is 12.3 Å². The summed E-state index contributed by atoms with van der Waals surface area (Å²) in [4.78, 5) is 4.97. The van der Waals surface area contributed by atoms with Crippen molar-refractivity contribution in [3.05, 3.63) is 12.3 Å². The fraction of sp³-hybridized carbons (Fsp3) is 0.769. The van der Waals surface area contributed by atoms with Crippen molar-refractivity contribution in [2.45, 2.75) is 25.8 Å². The molecule has 0 amide bonds. The molecule has 1 aromatic heterocycles. The lowest BCUT2D eigenvalue weighted by molar-refractivity contribution is 0.252. The van der Waals surface area contributed by atoms with Gasteiger partial charge in [-0.2, -0.15) is 5.10 Å². The van der Waals surface area contributed by atoms with Crippen LogP contribution in [0.5, 0.6) is 0 Å². The van der Waals surface area contributed by atoms with Crippen molar-refractivity contribution < 1.29 is 0 Å². The number of nitrogen functional groups attached to an aromatic ring is 1. The van der Waals surface area contributed by atoms with Gasteiger partial charge in [-0.25, -0.2) is 0 Å². The molecule has 1 saturated heterocycles. The summed E-state index contributed by atoms with van der Waals surface area (Å²) >= 11 is 0. The number of rotatable bonds is 7. The van der Waals surface area contributed by atoms with Crippen LogP contribution >= 0.6 is 0 Å². The van der Waals surface area contributed by atoms with E-state index in [9.17, 15) is 0 Å². The maximum atomic E-state index is 5.58. The first-order chi connectivity index (χ1) is 8.74. The Kier molecular flexibility index (Phi) is 5.01. The van der Waals surface area contributed by atoms with Gasteiger partial charge in [0.2, 0.25) is 0 Å². The lowest BCUT2D eigenvalue weighted by Gasteiger charge is -2.21. The van der Waals surface area contributed by atoms with Crippen LogP contribution < -0.4 is 5.73 Å². The fourth-order valence-electron chi connectivity index (χ4n) is 2.43. The minimum absolute atomic E-state index is 0.609. The minimum Gasteiger partial charge on any atom is -0.382 e. The lowest BCUT2D eigenvalue weighted by atomic mass is 10.4. The van der Waals surface area contributed by atoms with E-state index in [0.29, 0.717) is 5.82 Å². The standard InChI is InChI=1S/C13H25N5/c1-16(11-12-17-7-2-3-8-17)6-4-9-18-10-5-13(14)15-18/h5,10H,2-4,6-9,11-12H2,1H3,(H2,14,15). The van der Waals surface area contributed by atoms with Gasteiger partial charge in [-0.3, -0.25) is 4.68 Å². The summed E-state index contributed by atoms with van der Waals surface area (Å²) in [6.45, 7) is 7.03. The lowest BCUT2D eigenvalue weighted by Crippen LogP contribution is -2.32. The Labute approximate surface area is 110 Å². The maximum absolute atomic E-state index is 5.58. The van der Waals surface area contributed by atoms with Gasteiger partial charge < -0.3 is 15.5 Å². The smallest absolute Gasteiger partial charge is 0.145 e. The van der Waals surface area contributed by atoms with E-state index in [1.165, 1.54) is 39.0 Å². The number of nitrogens with zero attached hydrogens (tertiary/aromatic N) is 4. The van der Waals surface area contributed by atoms with Crippen LogP contribution in [0.4, 0.5) is 5.82 Å². The highest BCUT2D eigenvalue weighted by Crippen LogP contribution is 2.06. The van der Waals surface area contributed by atoms with Gasteiger partial charge in [0.05, 0.1) is 0 Å². The van der Waals surface area contributed by atoms with Crippen LogP contribution in [0.25, 0.3) is 0 Å². The molecule has 1 fully saturated rings. The normalized spacial score (nSPS) is 16.8. The van der Waals surface area contributed by atoms with Crippen molar-refractivity contribution in [3.8, 4) is 0 Å². The molecule has 0 unspecified atom stereocenters. The number of hydrogen-bond acceptors (Lipinski definition) is 4. The largest absolute Gasteiger partial charge is 0.382 e. The zero-order chi connectivity index (χ0) is 12.8. The van der Waals surface area contributed by atoms with E-state index in [2.05, 4.69) is 21.9 Å². The molecule has 0 saturated carbocycles. The molecular formula is C13H25N5. The van der Waals surface area contributed by atoms with E-state index >= 15 is 0 Å². The van der Waals surface area contributed by atoms with Crippen LogP contribution in [0.2, 0.25) is 0 Å². The molecule has 1 aromatic rings. The first-order valence-electron chi connectivity index (χ1n) is 6.94. The summed E-state index contributed by atoms with van der Waals surface area (Å²) in [5.74, 6) is 0.609. The number of likely N-dealkylation sites (tertiary alicyclic amines) is 1. The summed E-state index contributed by atoms with van der Waals surface area (Å²) in [5.41, 5.74) is 5.58. The third-order valence-electron chi connectivity index (χ3n) is 3.58. The molecule has 0 radical (unpaired) electrons. The summed E-state index contributed by atoms with van der Waals surface area (Å²) in [7, 11) is 2.20. The fourth-order valence-corrected chi connectivity index (χ4v) is 2.43. The van der Waals surface area contributed by atoms with Gasteiger partial charge in [0.1, 0.15) is 5.82 Å². The molecule has 1 aliphatic rings. The van der Waals surface area contributed by atoms with E-state index in [-0.39, 0.29) is 0 Å². The topological polar surface area (TPSA) is 50.3 Å². The molecule has 102 valence electrons. The van der Waals surface area contributed by atoms with Crippen LogP contribution in [0.1, 0.15) is 19.3 Å². The SMILES string of the molecule is CN(CCCn1ccc(N)n1)CCN1CCCC1. The van der Waals surface area contributed by atoms with Crippen molar-refractivity contribution in [1.29, 1.82) is 0 Å². The molecule has 2 N–H and O–H groups in total. The second-order valence-corrected chi connectivity index (χ2v) is 5.21. The molecule has 0 aromatic carbocycles. The maximum Gasteiger partial charge on any atom is 0.145 e. The average molecular weight is 251 g/mol. The van der Waals surface area contributed by atoms with Gasteiger partial charge in [-0.15, -0.1) is 0 Å². The second kappa shape index (κ2) is 6.75. The van der Waals surface area contributed by atoms with Gasteiger partial charge >= 0.3 is 0 Å². The number of nitrogens with two attached hydrogens (primary N) is 1. The van der Waals surface area contributed by atoms with Gasteiger partial charge in [0.15, 0.2) is 0 Å². The minimum atomic E-state index is 0.609. The Morgan fingerprint density at radius 2 is 2.06 bits per heavy atom. The molecule has 5 heteroatoms. The van der Waals surface area contributed by atoms with E-state index in [4.69, 9.17) is 5.73 Å². The molecule has 18 heavy (non-hydrogen) atoms. The highest BCUT2D eigenvalue weighted by atomic mass is 15.3. The molecule has 2 rings (SSSR count). The zero-order valence-electron chi connectivity index (χ0n) is 11.4. The predicted molar refractivity (Wildman–Crippen MR) is 74.4 cm³/mol. The van der Waals surface area contributed by atoms with Gasteiger partial charge in [-0.05, 0) is 52.0 Å². The Bertz CT molecular complexity index is 343. The second-order valence-electron chi connectivity index (χ2n) is 5.21. The Balaban J connectivity index is 1.55. The van der Waals surface area contributed by atoms with Crippen molar-refractivity contribution in [2.75, 3.05) is 45.5 Å². The van der Waals surface area contributed by atoms with Crippen LogP contribution in [-0.4, -0.2) is 59.4 Å². The third-order valence-corrected chi connectivity index (χ3v) is 3.58. The number of aromatic nitrogens is 2. The number of likely N-dealkylation sites (N-methyl/N-ethyl adjacent to an activating group) is 1. The molecule has 1 aliphatic heterocycles. The molecule has 5 nitrogen and oxygen atoms in total. The van der Waals surface area contributed by atoms with Gasteiger partial charge in [-0.1, -0.05) is 0 Å². The molecule has 0 atom stereocenters. The third kappa shape index (κ3) is 4.31. The van der Waals surface area contributed by atoms with Crippen LogP contribution in [0, 0.1) is 0 Å². The first kappa shape index (κ1) is 13.4. The van der Waals surface area contributed by atoms with Crippen LogP contribution in [-0.2, 0) is 6.54 Å². The van der Waals surface area contributed by atoms with Crippen molar-refractivity contribution in [2.24, 2.45) is 0 Å². The van der Waals surface area contributed by atoms with Crippen LogP contribution in [0.3, 0.4) is 0 Å². The average Bonchev–Trinajstić information content (AvgIpc) is 2.98. The predicted octanol–water partition coefficient (Wildman–Crippen LogP) is 0.883. The Morgan fingerprint density at radius 3 is 2.72 bits per heavy atom. The Morgan fingerprint density at radius 1 is 1.28 bits per heavy atom. The molecule has 0 spiro atoms. The zero-order valence-corrected chi connectivity index (χ0v) is 11.4. The quantitative estimate of drug-likeness (QED) is 0.782. The summed E-state index contributed by atoms with van der Waals surface area (Å²) in [6, 6.07) is 1.84. The number of aryl methyl sites for hydroxylation is 1. The molecule has 2 heterocycles. The summed E-state index contributed by atoms with van der Waals surface area (Å²) in [6.07, 6.45) is 5.83. The van der Waals surface area contributed by atoms with E-state index in [1.54, 1.807) is 0 Å². The molecule has 0 aliphatic carbocycles. The first-order valence-corrected chi connectivity index (χ1v) is 6.94. The Hall–Kier alpha value is -1.07. The number of hydrogen-bond donors (Lipinski definition) is 1. The summed E-state index contributed by atoms with van der Waals surface area (Å²) < 4.78 is 1.92. The van der Waals surface area contributed by atoms with E-state index < -0.39 is 0 Å². The molecule has 0 bridgehead atoms. The number of anilines is 1. The van der Waals surface area contributed by atoms with Crippen molar-refractivity contribution in [3.63, 3.8) is 0 Å². The molecular weight excluding hydrogens is 226 g/mol. The van der Waals surface area contributed by atoms with Gasteiger partial charge in [0.25, 0.3) is 0 Å². The van der Waals surface area contributed by atoms with Gasteiger partial charge in [0, 0.05) is 25.8 Å². The van der Waals surface area contributed by atoms with E-state index in [0.717, 1.165) is 19.5 Å². The monoisotopic (exact) mass is 251 g/mol. The highest BCUT2D eigenvalue weighted by Gasteiger charge is 2.11. The highest BCUT2D eigenvalue weighted by molar-refractivity contribution is 5.23.